The topological polar surface area (TPSA) is 15.3 Å². The predicted molar refractivity (Wildman–Crippen MR) is 71.8 cm³/mol. The van der Waals surface area contributed by atoms with Gasteiger partial charge in [0.25, 0.3) is 0 Å². The van der Waals surface area contributed by atoms with Crippen LogP contribution in [0.25, 0.3) is 0 Å². The second-order valence-electron chi connectivity index (χ2n) is 5.69. The van der Waals surface area contributed by atoms with E-state index in [4.69, 9.17) is 0 Å². The molecule has 16 heavy (non-hydrogen) atoms. The van der Waals surface area contributed by atoms with Crippen LogP contribution in [0.5, 0.6) is 0 Å². The van der Waals surface area contributed by atoms with Gasteiger partial charge in [-0.3, -0.25) is 0 Å². The molecular weight excluding hydrogens is 196 g/mol. The van der Waals surface area contributed by atoms with Crippen LogP contribution in [0.3, 0.4) is 0 Å². The Morgan fingerprint density at radius 2 is 1.88 bits per heavy atom. The lowest BCUT2D eigenvalue weighted by atomic mass is 9.84. The third-order valence-corrected chi connectivity index (χ3v) is 4.17. The van der Waals surface area contributed by atoms with Crippen LogP contribution in [-0.2, 0) is 0 Å². The Labute approximate surface area is 102 Å². The Morgan fingerprint density at radius 3 is 2.38 bits per heavy atom. The summed E-state index contributed by atoms with van der Waals surface area (Å²) < 4.78 is 0. The SMILES string of the molecule is CCC1CCC(N(C)CC(C)CNC)CC1. The van der Waals surface area contributed by atoms with Crippen LogP contribution < -0.4 is 5.32 Å². The van der Waals surface area contributed by atoms with E-state index >= 15 is 0 Å². The van der Waals surface area contributed by atoms with Crippen LogP contribution in [0.1, 0.15) is 46.0 Å². The third kappa shape index (κ3) is 4.42. The predicted octanol–water partition coefficient (Wildman–Crippen LogP) is 2.74. The lowest BCUT2D eigenvalue weighted by molar-refractivity contribution is 0.147. The van der Waals surface area contributed by atoms with E-state index in [1.807, 2.05) is 7.05 Å². The van der Waals surface area contributed by atoms with Crippen molar-refractivity contribution in [3.05, 3.63) is 0 Å². The summed E-state index contributed by atoms with van der Waals surface area (Å²) in [4.78, 5) is 2.59. The molecule has 0 spiro atoms. The maximum Gasteiger partial charge on any atom is 0.00925 e. The Hall–Kier alpha value is -0.0800. The van der Waals surface area contributed by atoms with Crippen molar-refractivity contribution in [3.63, 3.8) is 0 Å². The van der Waals surface area contributed by atoms with Gasteiger partial charge in [0.05, 0.1) is 0 Å². The molecule has 0 aliphatic heterocycles. The van der Waals surface area contributed by atoms with E-state index in [1.165, 1.54) is 38.6 Å². The van der Waals surface area contributed by atoms with Crippen LogP contribution in [0.15, 0.2) is 0 Å². The van der Waals surface area contributed by atoms with Gasteiger partial charge in [-0.2, -0.15) is 0 Å². The maximum absolute atomic E-state index is 3.27. The van der Waals surface area contributed by atoms with Crippen molar-refractivity contribution in [1.82, 2.24) is 10.2 Å². The normalized spacial score (nSPS) is 28.3. The summed E-state index contributed by atoms with van der Waals surface area (Å²) in [6.45, 7) is 7.05. The molecule has 1 saturated carbocycles. The molecule has 1 unspecified atom stereocenters. The molecule has 1 aliphatic carbocycles. The van der Waals surface area contributed by atoms with Gasteiger partial charge in [0.2, 0.25) is 0 Å². The van der Waals surface area contributed by atoms with Gasteiger partial charge < -0.3 is 10.2 Å². The highest BCUT2D eigenvalue weighted by atomic mass is 15.1. The number of nitrogens with zero attached hydrogens (tertiary/aromatic N) is 1. The summed E-state index contributed by atoms with van der Waals surface area (Å²) in [5.41, 5.74) is 0. The highest BCUT2D eigenvalue weighted by molar-refractivity contribution is 4.78. The van der Waals surface area contributed by atoms with E-state index in [0.717, 1.165) is 24.4 Å². The van der Waals surface area contributed by atoms with Crippen molar-refractivity contribution in [2.75, 3.05) is 27.2 Å². The van der Waals surface area contributed by atoms with Crippen LogP contribution in [-0.4, -0.2) is 38.1 Å². The molecule has 1 rings (SSSR count). The lowest BCUT2D eigenvalue weighted by Gasteiger charge is -2.35. The highest BCUT2D eigenvalue weighted by Crippen LogP contribution is 2.29. The van der Waals surface area contributed by atoms with Crippen LogP contribution in [0.2, 0.25) is 0 Å². The number of hydrogen-bond acceptors (Lipinski definition) is 2. The molecule has 0 aromatic carbocycles. The fraction of sp³-hybridized carbons (Fsp3) is 1.00. The van der Waals surface area contributed by atoms with Crippen molar-refractivity contribution in [2.24, 2.45) is 11.8 Å². The van der Waals surface area contributed by atoms with Gasteiger partial charge in [-0.25, -0.2) is 0 Å². The second-order valence-corrected chi connectivity index (χ2v) is 5.69. The van der Waals surface area contributed by atoms with Crippen molar-refractivity contribution >= 4 is 0 Å². The van der Waals surface area contributed by atoms with Gasteiger partial charge >= 0.3 is 0 Å². The first-order valence-electron chi connectivity index (χ1n) is 7.02. The first kappa shape index (κ1) is 14.0. The minimum atomic E-state index is 0.763. The quantitative estimate of drug-likeness (QED) is 0.749. The summed E-state index contributed by atoms with van der Waals surface area (Å²) in [6.07, 6.45) is 7.12. The van der Waals surface area contributed by atoms with Crippen LogP contribution in [0.4, 0.5) is 0 Å². The van der Waals surface area contributed by atoms with Gasteiger partial charge in [-0.05, 0) is 58.2 Å². The maximum atomic E-state index is 3.27. The molecule has 0 aromatic rings. The Kier molecular flexibility index (Phi) is 6.37. The van der Waals surface area contributed by atoms with E-state index in [9.17, 15) is 0 Å². The molecule has 1 atom stereocenters. The summed E-state index contributed by atoms with van der Waals surface area (Å²) in [6, 6.07) is 0.849. The molecular formula is C14H30N2. The van der Waals surface area contributed by atoms with E-state index in [1.54, 1.807) is 0 Å². The third-order valence-electron chi connectivity index (χ3n) is 4.17. The van der Waals surface area contributed by atoms with Crippen molar-refractivity contribution < 1.29 is 0 Å². The van der Waals surface area contributed by atoms with Gasteiger partial charge in [0, 0.05) is 12.6 Å². The van der Waals surface area contributed by atoms with Gasteiger partial charge in [0.15, 0.2) is 0 Å². The Bertz CT molecular complexity index is 174. The molecule has 0 saturated heterocycles. The molecule has 1 fully saturated rings. The van der Waals surface area contributed by atoms with Crippen molar-refractivity contribution in [3.8, 4) is 0 Å². The average molecular weight is 226 g/mol. The Balaban J connectivity index is 2.24. The molecule has 0 bridgehead atoms. The first-order valence-corrected chi connectivity index (χ1v) is 7.02. The Morgan fingerprint density at radius 1 is 1.25 bits per heavy atom. The summed E-state index contributed by atoms with van der Waals surface area (Å²) in [5, 5.41) is 3.27. The zero-order valence-corrected chi connectivity index (χ0v) is 11.6. The smallest absolute Gasteiger partial charge is 0.00925 e. The van der Waals surface area contributed by atoms with E-state index in [-0.39, 0.29) is 0 Å². The summed E-state index contributed by atoms with van der Waals surface area (Å²) >= 11 is 0. The molecule has 0 aromatic heterocycles. The van der Waals surface area contributed by atoms with Gasteiger partial charge in [-0.15, -0.1) is 0 Å². The average Bonchev–Trinajstić information content (AvgIpc) is 2.29. The van der Waals surface area contributed by atoms with Gasteiger partial charge in [0.1, 0.15) is 0 Å². The fourth-order valence-corrected chi connectivity index (χ4v) is 3.05. The monoisotopic (exact) mass is 226 g/mol. The van der Waals surface area contributed by atoms with E-state index in [2.05, 4.69) is 31.1 Å². The number of hydrogen-bond donors (Lipinski definition) is 1. The molecule has 0 amide bonds. The molecule has 2 heteroatoms. The summed E-state index contributed by atoms with van der Waals surface area (Å²) in [7, 11) is 4.35. The lowest BCUT2D eigenvalue weighted by Crippen LogP contribution is -2.39. The number of rotatable bonds is 6. The molecule has 1 aliphatic rings. The fourth-order valence-electron chi connectivity index (χ4n) is 3.05. The largest absolute Gasteiger partial charge is 0.319 e. The standard InChI is InChI=1S/C14H30N2/c1-5-13-6-8-14(9-7-13)16(4)11-12(2)10-15-3/h12-15H,5-11H2,1-4H3. The molecule has 2 nitrogen and oxygen atoms in total. The molecule has 0 radical (unpaired) electrons. The molecule has 96 valence electrons. The summed E-state index contributed by atoms with van der Waals surface area (Å²) in [5.74, 6) is 1.78. The van der Waals surface area contributed by atoms with Crippen molar-refractivity contribution in [1.29, 1.82) is 0 Å². The van der Waals surface area contributed by atoms with Crippen LogP contribution >= 0.6 is 0 Å². The van der Waals surface area contributed by atoms with Crippen LogP contribution in [0, 0.1) is 11.8 Å². The molecule has 1 N–H and O–H groups in total. The molecule has 0 heterocycles. The zero-order valence-electron chi connectivity index (χ0n) is 11.6. The highest BCUT2D eigenvalue weighted by Gasteiger charge is 2.23. The number of nitrogens with one attached hydrogen (secondary N) is 1. The minimum Gasteiger partial charge on any atom is -0.319 e. The van der Waals surface area contributed by atoms with E-state index in [0.29, 0.717) is 0 Å². The van der Waals surface area contributed by atoms with Gasteiger partial charge in [-0.1, -0.05) is 20.3 Å². The minimum absolute atomic E-state index is 0.763. The second kappa shape index (κ2) is 7.29. The first-order chi connectivity index (χ1) is 7.67. The van der Waals surface area contributed by atoms with E-state index < -0.39 is 0 Å². The zero-order chi connectivity index (χ0) is 12.0. The van der Waals surface area contributed by atoms with Crippen molar-refractivity contribution in [2.45, 2.75) is 52.0 Å².